The van der Waals surface area contributed by atoms with Crippen LogP contribution in [0.25, 0.3) is 0 Å². The number of nitrogens with zero attached hydrogens (tertiary/aromatic N) is 6. The molecule has 1 fully saturated rings. The molecular formula is C14H15ClN6S. The number of rotatable bonds is 2. The van der Waals surface area contributed by atoms with Gasteiger partial charge >= 0.3 is 0 Å². The van der Waals surface area contributed by atoms with E-state index in [-0.39, 0.29) is 16.7 Å². The highest BCUT2D eigenvalue weighted by Crippen LogP contribution is 2.27. The Labute approximate surface area is 139 Å². The molecule has 2 heterocycles. The summed E-state index contributed by atoms with van der Waals surface area (Å²) in [5.41, 5.74) is 0.634. The lowest BCUT2D eigenvalue weighted by molar-refractivity contribution is 0.635. The fourth-order valence-electron chi connectivity index (χ4n) is 1.95. The highest BCUT2D eigenvalue weighted by molar-refractivity contribution is 7.99. The van der Waals surface area contributed by atoms with Crippen molar-refractivity contribution < 1.29 is 0 Å². The Morgan fingerprint density at radius 1 is 1.32 bits per heavy atom. The Morgan fingerprint density at radius 3 is 2.50 bits per heavy atom. The second-order valence-corrected chi connectivity index (χ2v) is 6.39. The van der Waals surface area contributed by atoms with E-state index in [1.807, 2.05) is 17.8 Å². The molecule has 8 heteroatoms. The second-order valence-electron chi connectivity index (χ2n) is 4.83. The zero-order valence-corrected chi connectivity index (χ0v) is 13.9. The number of aliphatic imine (C=N–C) groups is 1. The first-order chi connectivity index (χ1) is 10.6. The van der Waals surface area contributed by atoms with E-state index in [2.05, 4.69) is 20.9 Å². The van der Waals surface area contributed by atoms with E-state index >= 15 is 0 Å². The molecule has 22 heavy (non-hydrogen) atoms. The number of aromatic nitrogens is 1. The normalized spacial score (nSPS) is 15.1. The average molecular weight is 335 g/mol. The summed E-state index contributed by atoms with van der Waals surface area (Å²) in [7, 11) is 3.51. The topological polar surface area (TPSA) is 79.3 Å². The lowest BCUT2D eigenvalue weighted by Gasteiger charge is -2.28. The molecule has 0 aliphatic carbocycles. The minimum atomic E-state index is 0.230. The molecule has 0 amide bonds. The fraction of sp³-hybridized carbons (Fsp3) is 0.429. The van der Waals surface area contributed by atoms with Crippen molar-refractivity contribution >= 4 is 40.3 Å². The number of halogens is 1. The maximum absolute atomic E-state index is 9.33. The predicted molar refractivity (Wildman–Crippen MR) is 89.8 cm³/mol. The van der Waals surface area contributed by atoms with Crippen LogP contribution in [0.5, 0.6) is 0 Å². The molecule has 0 radical (unpaired) electrons. The van der Waals surface area contributed by atoms with Crippen LogP contribution in [0.1, 0.15) is 11.1 Å². The van der Waals surface area contributed by atoms with Gasteiger partial charge in [0.15, 0.2) is 11.1 Å². The molecule has 1 aromatic heterocycles. The van der Waals surface area contributed by atoms with E-state index in [1.165, 1.54) is 6.07 Å². The first-order valence-corrected chi connectivity index (χ1v) is 8.19. The van der Waals surface area contributed by atoms with Crippen LogP contribution in [-0.4, -0.2) is 53.9 Å². The molecule has 1 aliphatic rings. The molecule has 0 atom stereocenters. The van der Waals surface area contributed by atoms with E-state index in [0.29, 0.717) is 11.4 Å². The summed E-state index contributed by atoms with van der Waals surface area (Å²) in [6.45, 7) is 1.64. The smallest absolute Gasteiger partial charge is 0.200 e. The fourth-order valence-corrected chi connectivity index (χ4v) is 2.93. The monoisotopic (exact) mass is 334 g/mol. The average Bonchev–Trinajstić information content (AvgIpc) is 2.55. The summed E-state index contributed by atoms with van der Waals surface area (Å²) in [5, 5.41) is 18.8. The van der Waals surface area contributed by atoms with Crippen LogP contribution in [0.2, 0.25) is 0 Å². The molecular weight excluding hydrogens is 320 g/mol. The number of pyridine rings is 1. The SMILES string of the molecule is CN(C)C(Cl)=Nc1nc(N2CCSCC2)c(C#N)cc1C#N. The van der Waals surface area contributed by atoms with Crippen molar-refractivity contribution in [2.45, 2.75) is 0 Å². The van der Waals surface area contributed by atoms with Gasteiger partial charge in [0.25, 0.3) is 0 Å². The van der Waals surface area contributed by atoms with Crippen LogP contribution in [0.3, 0.4) is 0 Å². The quantitative estimate of drug-likeness (QED) is 0.468. The Kier molecular flexibility index (Phi) is 5.48. The Morgan fingerprint density at radius 2 is 1.95 bits per heavy atom. The van der Waals surface area contributed by atoms with Crippen LogP contribution >= 0.6 is 23.4 Å². The number of anilines is 1. The Balaban J connectivity index is 2.52. The van der Waals surface area contributed by atoms with Crippen molar-refractivity contribution in [1.29, 1.82) is 10.5 Å². The zero-order chi connectivity index (χ0) is 16.1. The summed E-state index contributed by atoms with van der Waals surface area (Å²) < 4.78 is 0. The zero-order valence-electron chi connectivity index (χ0n) is 12.4. The van der Waals surface area contributed by atoms with E-state index in [0.717, 1.165) is 24.6 Å². The third-order valence-electron chi connectivity index (χ3n) is 3.10. The number of hydrogen-bond donors (Lipinski definition) is 0. The Bertz CT molecular complexity index is 667. The molecule has 6 nitrogen and oxygen atoms in total. The van der Waals surface area contributed by atoms with Crippen molar-refractivity contribution in [3.05, 3.63) is 17.2 Å². The van der Waals surface area contributed by atoms with Gasteiger partial charge in [-0.05, 0) is 17.7 Å². The van der Waals surface area contributed by atoms with Gasteiger partial charge in [-0.25, -0.2) is 4.98 Å². The van der Waals surface area contributed by atoms with Gasteiger partial charge in [-0.3, -0.25) is 0 Å². The van der Waals surface area contributed by atoms with Gasteiger partial charge in [0.05, 0.1) is 11.1 Å². The highest BCUT2D eigenvalue weighted by atomic mass is 35.5. The van der Waals surface area contributed by atoms with Gasteiger partial charge < -0.3 is 9.80 Å². The van der Waals surface area contributed by atoms with Crippen LogP contribution < -0.4 is 4.90 Å². The highest BCUT2D eigenvalue weighted by Gasteiger charge is 2.19. The first-order valence-electron chi connectivity index (χ1n) is 6.66. The van der Waals surface area contributed by atoms with Crippen molar-refractivity contribution in [3.63, 3.8) is 0 Å². The molecule has 2 rings (SSSR count). The lowest BCUT2D eigenvalue weighted by atomic mass is 10.2. The minimum Gasteiger partial charge on any atom is -0.354 e. The van der Waals surface area contributed by atoms with Crippen LogP contribution in [-0.2, 0) is 0 Å². The van der Waals surface area contributed by atoms with Crippen molar-refractivity contribution in [2.75, 3.05) is 43.6 Å². The molecule has 0 aromatic carbocycles. The molecule has 0 bridgehead atoms. The van der Waals surface area contributed by atoms with Gasteiger partial charge in [0.1, 0.15) is 18.0 Å². The van der Waals surface area contributed by atoms with Gasteiger partial charge in [-0.1, -0.05) is 0 Å². The van der Waals surface area contributed by atoms with Crippen LogP contribution in [0.4, 0.5) is 11.6 Å². The van der Waals surface area contributed by atoms with Crippen molar-refractivity contribution in [2.24, 2.45) is 4.99 Å². The molecule has 0 spiro atoms. The van der Waals surface area contributed by atoms with E-state index < -0.39 is 0 Å². The summed E-state index contributed by atoms with van der Waals surface area (Å²) in [4.78, 5) is 12.3. The third kappa shape index (κ3) is 3.62. The summed E-state index contributed by atoms with van der Waals surface area (Å²) in [5.74, 6) is 2.80. The number of nitriles is 2. The molecule has 0 saturated carbocycles. The molecule has 0 N–H and O–H groups in total. The summed E-state index contributed by atoms with van der Waals surface area (Å²) in [6.07, 6.45) is 0. The van der Waals surface area contributed by atoms with E-state index in [1.54, 1.807) is 19.0 Å². The van der Waals surface area contributed by atoms with Crippen LogP contribution in [0.15, 0.2) is 11.1 Å². The molecule has 1 saturated heterocycles. The standard InChI is InChI=1S/C14H15ClN6S/c1-20(2)14(15)19-12-10(8-16)7-11(9-17)13(18-12)21-3-5-22-6-4-21/h7H,3-6H2,1-2H3. The summed E-state index contributed by atoms with van der Waals surface area (Å²) in [6, 6.07) is 5.67. The molecule has 114 valence electrons. The number of amidine groups is 1. The van der Waals surface area contributed by atoms with Crippen molar-refractivity contribution in [3.8, 4) is 12.1 Å². The van der Waals surface area contributed by atoms with Crippen LogP contribution in [0, 0.1) is 22.7 Å². The van der Waals surface area contributed by atoms with Gasteiger partial charge in [-0.2, -0.15) is 27.3 Å². The lowest BCUT2D eigenvalue weighted by Crippen LogP contribution is -2.33. The molecule has 0 unspecified atom stereocenters. The predicted octanol–water partition coefficient (Wildman–Crippen LogP) is 2.17. The first kappa shape index (κ1) is 16.4. The van der Waals surface area contributed by atoms with E-state index in [4.69, 9.17) is 11.6 Å². The van der Waals surface area contributed by atoms with Gasteiger partial charge in [0.2, 0.25) is 0 Å². The summed E-state index contributed by atoms with van der Waals surface area (Å²) >= 11 is 7.91. The largest absolute Gasteiger partial charge is 0.354 e. The third-order valence-corrected chi connectivity index (χ3v) is 4.47. The minimum absolute atomic E-state index is 0.230. The van der Waals surface area contributed by atoms with Gasteiger partial charge in [0, 0.05) is 38.7 Å². The maximum Gasteiger partial charge on any atom is 0.200 e. The maximum atomic E-state index is 9.33. The molecule has 1 aromatic rings. The van der Waals surface area contributed by atoms with Crippen molar-refractivity contribution in [1.82, 2.24) is 9.88 Å². The van der Waals surface area contributed by atoms with E-state index in [9.17, 15) is 10.5 Å². The van der Waals surface area contributed by atoms with Gasteiger partial charge in [-0.15, -0.1) is 0 Å². The number of hydrogen-bond acceptors (Lipinski definition) is 6. The molecule has 1 aliphatic heterocycles. The Hall–Kier alpha value is -1.96. The second kappa shape index (κ2) is 7.35. The number of thioether (sulfide) groups is 1.